The van der Waals surface area contributed by atoms with Crippen molar-refractivity contribution in [3.05, 3.63) is 35.6 Å². The van der Waals surface area contributed by atoms with Crippen LogP contribution in [0.25, 0.3) is 0 Å². The molecular formula is C12H16FNO2. The number of benzene rings is 1. The van der Waals surface area contributed by atoms with Crippen molar-refractivity contribution in [2.75, 3.05) is 6.54 Å². The van der Waals surface area contributed by atoms with Crippen LogP contribution in [-0.4, -0.2) is 23.7 Å². The molecule has 0 fully saturated rings. The molecule has 0 aliphatic heterocycles. The lowest BCUT2D eigenvalue weighted by atomic mass is 10.1. The van der Waals surface area contributed by atoms with Gasteiger partial charge in [0.15, 0.2) is 0 Å². The Kier molecular flexibility index (Phi) is 4.92. The quantitative estimate of drug-likeness (QED) is 0.776. The zero-order valence-corrected chi connectivity index (χ0v) is 9.24. The number of carboxylic acid groups (broad SMARTS) is 1. The van der Waals surface area contributed by atoms with Crippen molar-refractivity contribution in [2.45, 2.75) is 25.8 Å². The van der Waals surface area contributed by atoms with Gasteiger partial charge in [0.25, 0.3) is 0 Å². The number of hydrogen-bond donors (Lipinski definition) is 2. The Hall–Kier alpha value is -1.42. The fourth-order valence-electron chi connectivity index (χ4n) is 1.49. The van der Waals surface area contributed by atoms with E-state index in [4.69, 9.17) is 5.11 Å². The van der Waals surface area contributed by atoms with Gasteiger partial charge in [-0.2, -0.15) is 0 Å². The zero-order valence-electron chi connectivity index (χ0n) is 9.24. The van der Waals surface area contributed by atoms with Crippen molar-refractivity contribution in [3.8, 4) is 0 Å². The summed E-state index contributed by atoms with van der Waals surface area (Å²) < 4.78 is 13.2. The molecule has 2 N–H and O–H groups in total. The van der Waals surface area contributed by atoms with Gasteiger partial charge in [0.2, 0.25) is 0 Å². The molecule has 1 atom stereocenters. The topological polar surface area (TPSA) is 49.3 Å². The van der Waals surface area contributed by atoms with Crippen molar-refractivity contribution in [3.63, 3.8) is 0 Å². The van der Waals surface area contributed by atoms with Gasteiger partial charge in [-0.3, -0.25) is 4.79 Å². The molecule has 0 saturated carbocycles. The van der Waals surface area contributed by atoms with Crippen LogP contribution < -0.4 is 5.32 Å². The Morgan fingerprint density at radius 2 is 2.19 bits per heavy atom. The molecule has 0 aromatic heterocycles. The Labute approximate surface area is 94.3 Å². The molecule has 0 bridgehead atoms. The second-order valence-corrected chi connectivity index (χ2v) is 3.59. The Bertz CT molecular complexity index is 355. The van der Waals surface area contributed by atoms with E-state index in [0.29, 0.717) is 24.9 Å². The van der Waals surface area contributed by atoms with E-state index >= 15 is 0 Å². The zero-order chi connectivity index (χ0) is 12.0. The van der Waals surface area contributed by atoms with Gasteiger partial charge in [0.1, 0.15) is 11.9 Å². The highest BCUT2D eigenvalue weighted by Crippen LogP contribution is 2.06. The first kappa shape index (κ1) is 12.6. The fourth-order valence-corrected chi connectivity index (χ4v) is 1.49. The molecular weight excluding hydrogens is 209 g/mol. The minimum absolute atomic E-state index is 0.243. The van der Waals surface area contributed by atoms with E-state index < -0.39 is 12.0 Å². The van der Waals surface area contributed by atoms with Gasteiger partial charge >= 0.3 is 5.97 Å². The maximum absolute atomic E-state index is 13.2. The Morgan fingerprint density at radius 1 is 1.50 bits per heavy atom. The second kappa shape index (κ2) is 6.23. The van der Waals surface area contributed by atoms with Gasteiger partial charge in [-0.1, -0.05) is 25.1 Å². The van der Waals surface area contributed by atoms with Crippen LogP contribution in [0.5, 0.6) is 0 Å². The first-order valence-electron chi connectivity index (χ1n) is 5.34. The number of hydrogen-bond acceptors (Lipinski definition) is 2. The van der Waals surface area contributed by atoms with E-state index in [1.54, 1.807) is 25.1 Å². The molecule has 16 heavy (non-hydrogen) atoms. The van der Waals surface area contributed by atoms with Gasteiger partial charge in [-0.15, -0.1) is 0 Å². The molecule has 0 saturated heterocycles. The third kappa shape index (κ3) is 3.62. The SMILES string of the molecule is CCC(NCCc1ccccc1F)C(=O)O. The van der Waals surface area contributed by atoms with E-state index in [9.17, 15) is 9.18 Å². The molecule has 4 heteroatoms. The number of rotatable bonds is 6. The lowest BCUT2D eigenvalue weighted by Gasteiger charge is -2.12. The molecule has 0 aliphatic carbocycles. The van der Waals surface area contributed by atoms with Gasteiger partial charge in [0, 0.05) is 6.54 Å². The molecule has 3 nitrogen and oxygen atoms in total. The normalized spacial score (nSPS) is 12.4. The molecule has 0 radical (unpaired) electrons. The summed E-state index contributed by atoms with van der Waals surface area (Å²) >= 11 is 0. The van der Waals surface area contributed by atoms with Gasteiger partial charge in [0.05, 0.1) is 0 Å². The van der Waals surface area contributed by atoms with Crippen molar-refractivity contribution < 1.29 is 14.3 Å². The van der Waals surface area contributed by atoms with Crippen LogP contribution in [0.15, 0.2) is 24.3 Å². The third-order valence-corrected chi connectivity index (χ3v) is 2.45. The van der Waals surface area contributed by atoms with Crippen molar-refractivity contribution >= 4 is 5.97 Å². The van der Waals surface area contributed by atoms with Gasteiger partial charge in [-0.25, -0.2) is 4.39 Å². The number of halogens is 1. The van der Waals surface area contributed by atoms with E-state index in [1.807, 2.05) is 0 Å². The number of carbonyl (C=O) groups is 1. The summed E-state index contributed by atoms with van der Waals surface area (Å²) in [6.45, 7) is 2.26. The first-order valence-corrected chi connectivity index (χ1v) is 5.34. The summed E-state index contributed by atoms with van der Waals surface area (Å²) in [6.07, 6.45) is 1.02. The van der Waals surface area contributed by atoms with Crippen molar-refractivity contribution in [1.29, 1.82) is 0 Å². The van der Waals surface area contributed by atoms with Crippen molar-refractivity contribution in [1.82, 2.24) is 5.32 Å². The van der Waals surface area contributed by atoms with E-state index in [1.165, 1.54) is 6.07 Å². The standard InChI is InChI=1S/C12H16FNO2/c1-2-11(12(15)16)14-8-7-9-5-3-4-6-10(9)13/h3-6,11,14H,2,7-8H2,1H3,(H,15,16). The maximum Gasteiger partial charge on any atom is 0.320 e. The average molecular weight is 225 g/mol. The molecule has 1 aromatic carbocycles. The Balaban J connectivity index is 2.41. The van der Waals surface area contributed by atoms with Gasteiger partial charge in [-0.05, 0) is 24.5 Å². The number of carboxylic acids is 1. The highest BCUT2D eigenvalue weighted by atomic mass is 19.1. The predicted molar refractivity (Wildman–Crippen MR) is 59.8 cm³/mol. The molecule has 0 aliphatic rings. The summed E-state index contributed by atoms with van der Waals surface area (Å²) in [5, 5.41) is 11.7. The molecule has 1 rings (SSSR count). The molecule has 88 valence electrons. The van der Waals surface area contributed by atoms with Crippen molar-refractivity contribution in [2.24, 2.45) is 0 Å². The highest BCUT2D eigenvalue weighted by Gasteiger charge is 2.13. The summed E-state index contributed by atoms with van der Waals surface area (Å²) in [4.78, 5) is 10.7. The summed E-state index contributed by atoms with van der Waals surface area (Å²) in [5.41, 5.74) is 0.607. The lowest BCUT2D eigenvalue weighted by Crippen LogP contribution is -2.37. The third-order valence-electron chi connectivity index (χ3n) is 2.45. The first-order chi connectivity index (χ1) is 7.65. The van der Waals surface area contributed by atoms with Crippen LogP contribution in [-0.2, 0) is 11.2 Å². The van der Waals surface area contributed by atoms with Crippen LogP contribution in [0.4, 0.5) is 4.39 Å². The largest absolute Gasteiger partial charge is 0.480 e. The summed E-state index contributed by atoms with van der Waals surface area (Å²) in [6, 6.07) is 5.97. The van der Waals surface area contributed by atoms with Crippen LogP contribution >= 0.6 is 0 Å². The predicted octanol–water partition coefficient (Wildman–Crippen LogP) is 1.82. The minimum atomic E-state index is -0.865. The Morgan fingerprint density at radius 3 is 2.75 bits per heavy atom. The maximum atomic E-state index is 13.2. The molecule has 1 aromatic rings. The van der Waals surface area contributed by atoms with Crippen LogP contribution in [0.2, 0.25) is 0 Å². The summed E-state index contributed by atoms with van der Waals surface area (Å²) in [7, 11) is 0. The summed E-state index contributed by atoms with van der Waals surface area (Å²) in [5.74, 6) is -1.11. The van der Waals surface area contributed by atoms with E-state index in [2.05, 4.69) is 5.32 Å². The second-order valence-electron chi connectivity index (χ2n) is 3.59. The molecule has 0 heterocycles. The van der Waals surface area contributed by atoms with Gasteiger partial charge < -0.3 is 10.4 Å². The highest BCUT2D eigenvalue weighted by molar-refractivity contribution is 5.73. The number of aliphatic carboxylic acids is 1. The molecule has 1 unspecified atom stereocenters. The number of nitrogens with one attached hydrogen (secondary N) is 1. The smallest absolute Gasteiger partial charge is 0.320 e. The monoisotopic (exact) mass is 225 g/mol. The lowest BCUT2D eigenvalue weighted by molar-refractivity contribution is -0.139. The fraction of sp³-hybridized carbons (Fsp3) is 0.417. The van der Waals surface area contributed by atoms with E-state index in [0.717, 1.165) is 0 Å². The van der Waals surface area contributed by atoms with Crippen LogP contribution in [0.1, 0.15) is 18.9 Å². The van der Waals surface area contributed by atoms with Crippen LogP contribution in [0.3, 0.4) is 0 Å². The average Bonchev–Trinajstić information content (AvgIpc) is 2.26. The van der Waals surface area contributed by atoms with Crippen LogP contribution in [0, 0.1) is 5.82 Å². The molecule has 0 amide bonds. The molecule has 0 spiro atoms. The minimum Gasteiger partial charge on any atom is -0.480 e. The van der Waals surface area contributed by atoms with E-state index in [-0.39, 0.29) is 5.82 Å².